The number of para-hydroxylation sites is 2. The van der Waals surface area contributed by atoms with Crippen molar-refractivity contribution in [2.45, 2.75) is 6.92 Å². The Morgan fingerprint density at radius 2 is 1.67 bits per heavy atom. The first-order valence-electron chi connectivity index (χ1n) is 6.83. The minimum absolute atomic E-state index is 0.142. The van der Waals surface area contributed by atoms with Crippen LogP contribution in [-0.2, 0) is 4.79 Å². The first-order valence-corrected chi connectivity index (χ1v) is 6.83. The highest BCUT2D eigenvalue weighted by Gasteiger charge is 2.19. The van der Waals surface area contributed by atoms with Gasteiger partial charge in [0, 0.05) is 19.3 Å². The van der Waals surface area contributed by atoms with Crippen molar-refractivity contribution in [1.29, 1.82) is 0 Å². The second kappa shape index (κ2) is 6.70. The van der Waals surface area contributed by atoms with E-state index in [9.17, 15) is 9.59 Å². The Morgan fingerprint density at radius 1 is 1.05 bits per heavy atom. The van der Waals surface area contributed by atoms with Gasteiger partial charge in [-0.25, -0.2) is 0 Å². The second-order valence-electron chi connectivity index (χ2n) is 4.61. The Kier molecular flexibility index (Phi) is 4.72. The molecule has 0 atom stereocenters. The van der Waals surface area contributed by atoms with Crippen LogP contribution in [0.3, 0.4) is 0 Å². The monoisotopic (exact) mass is 282 g/mol. The molecule has 0 aromatic heterocycles. The number of hydrogen-bond donors (Lipinski definition) is 0. The number of anilines is 2. The van der Waals surface area contributed by atoms with Gasteiger partial charge in [-0.15, -0.1) is 0 Å². The highest BCUT2D eigenvalue weighted by molar-refractivity contribution is 6.10. The molecular weight excluding hydrogens is 264 g/mol. The standard InChI is InChI=1S/C17H18N2O2/c1-3-19(13-20)16-12-8-7-11-15(16)17(21)18(2)14-9-5-4-6-10-14/h4-13H,3H2,1-2H3. The highest BCUT2D eigenvalue weighted by atomic mass is 16.2. The predicted molar refractivity (Wildman–Crippen MR) is 84.7 cm³/mol. The lowest BCUT2D eigenvalue weighted by Gasteiger charge is -2.22. The topological polar surface area (TPSA) is 40.6 Å². The van der Waals surface area contributed by atoms with Crippen LogP contribution in [0.2, 0.25) is 0 Å². The lowest BCUT2D eigenvalue weighted by molar-refractivity contribution is -0.107. The van der Waals surface area contributed by atoms with Gasteiger partial charge < -0.3 is 9.80 Å². The molecule has 0 fully saturated rings. The molecule has 0 bridgehead atoms. The molecular formula is C17H18N2O2. The van der Waals surface area contributed by atoms with E-state index in [1.165, 1.54) is 4.90 Å². The van der Waals surface area contributed by atoms with Gasteiger partial charge in [-0.1, -0.05) is 30.3 Å². The third-order valence-corrected chi connectivity index (χ3v) is 3.36. The summed E-state index contributed by atoms with van der Waals surface area (Å²) in [7, 11) is 1.73. The number of rotatable bonds is 5. The summed E-state index contributed by atoms with van der Waals surface area (Å²) in [6.45, 7) is 2.39. The zero-order chi connectivity index (χ0) is 15.2. The summed E-state index contributed by atoms with van der Waals surface area (Å²) < 4.78 is 0. The summed E-state index contributed by atoms with van der Waals surface area (Å²) >= 11 is 0. The maximum absolute atomic E-state index is 12.7. The first-order chi connectivity index (χ1) is 10.2. The SMILES string of the molecule is CCN(C=O)c1ccccc1C(=O)N(C)c1ccccc1. The van der Waals surface area contributed by atoms with Crippen LogP contribution in [0, 0.1) is 0 Å². The lowest BCUT2D eigenvalue weighted by atomic mass is 10.1. The van der Waals surface area contributed by atoms with Gasteiger partial charge in [0.1, 0.15) is 0 Å². The van der Waals surface area contributed by atoms with Gasteiger partial charge in [-0.3, -0.25) is 9.59 Å². The highest BCUT2D eigenvalue weighted by Crippen LogP contribution is 2.23. The van der Waals surface area contributed by atoms with Crippen molar-refractivity contribution in [3.05, 3.63) is 60.2 Å². The number of carbonyl (C=O) groups is 2. The van der Waals surface area contributed by atoms with Crippen molar-refractivity contribution >= 4 is 23.7 Å². The maximum Gasteiger partial charge on any atom is 0.260 e. The van der Waals surface area contributed by atoms with E-state index in [-0.39, 0.29) is 5.91 Å². The van der Waals surface area contributed by atoms with Crippen LogP contribution in [0.15, 0.2) is 54.6 Å². The predicted octanol–water partition coefficient (Wildman–Crippen LogP) is 2.95. The Bertz CT molecular complexity index is 626. The first kappa shape index (κ1) is 14.8. The minimum Gasteiger partial charge on any atom is -0.314 e. The van der Waals surface area contributed by atoms with Crippen LogP contribution in [0.25, 0.3) is 0 Å². The quantitative estimate of drug-likeness (QED) is 0.791. The van der Waals surface area contributed by atoms with E-state index in [0.29, 0.717) is 17.8 Å². The molecule has 2 aromatic rings. The largest absolute Gasteiger partial charge is 0.314 e. The molecule has 2 amide bonds. The molecule has 108 valence electrons. The molecule has 0 saturated heterocycles. The molecule has 0 spiro atoms. The normalized spacial score (nSPS) is 10.0. The molecule has 0 saturated carbocycles. The summed E-state index contributed by atoms with van der Waals surface area (Å²) in [5.41, 5.74) is 1.95. The van der Waals surface area contributed by atoms with Crippen LogP contribution >= 0.6 is 0 Å². The van der Waals surface area contributed by atoms with Gasteiger partial charge in [0.15, 0.2) is 0 Å². The van der Waals surface area contributed by atoms with E-state index in [4.69, 9.17) is 0 Å². The van der Waals surface area contributed by atoms with Crippen LogP contribution < -0.4 is 9.80 Å². The second-order valence-corrected chi connectivity index (χ2v) is 4.61. The van der Waals surface area contributed by atoms with Crippen molar-refractivity contribution in [2.75, 3.05) is 23.4 Å². The van der Waals surface area contributed by atoms with E-state index in [1.807, 2.05) is 43.3 Å². The number of nitrogens with zero attached hydrogens (tertiary/aromatic N) is 2. The van der Waals surface area contributed by atoms with Gasteiger partial charge in [0.25, 0.3) is 5.91 Å². The van der Waals surface area contributed by atoms with E-state index in [0.717, 1.165) is 12.1 Å². The molecule has 0 aliphatic rings. The van der Waals surface area contributed by atoms with E-state index in [1.54, 1.807) is 30.1 Å². The van der Waals surface area contributed by atoms with E-state index >= 15 is 0 Å². The Morgan fingerprint density at radius 3 is 2.29 bits per heavy atom. The number of benzene rings is 2. The lowest BCUT2D eigenvalue weighted by Crippen LogP contribution is -2.29. The van der Waals surface area contributed by atoms with Crippen molar-refractivity contribution < 1.29 is 9.59 Å². The summed E-state index contributed by atoms with van der Waals surface area (Å²) in [5, 5.41) is 0. The van der Waals surface area contributed by atoms with Gasteiger partial charge >= 0.3 is 0 Å². The van der Waals surface area contributed by atoms with E-state index < -0.39 is 0 Å². The Balaban J connectivity index is 2.38. The van der Waals surface area contributed by atoms with Crippen molar-refractivity contribution in [3.8, 4) is 0 Å². The number of amides is 2. The zero-order valence-electron chi connectivity index (χ0n) is 12.2. The van der Waals surface area contributed by atoms with Gasteiger partial charge in [-0.05, 0) is 31.2 Å². The Labute approximate surface area is 124 Å². The zero-order valence-corrected chi connectivity index (χ0v) is 12.2. The average Bonchev–Trinajstić information content (AvgIpc) is 2.56. The van der Waals surface area contributed by atoms with Crippen LogP contribution in [-0.4, -0.2) is 25.9 Å². The summed E-state index contributed by atoms with van der Waals surface area (Å²) in [4.78, 5) is 26.9. The van der Waals surface area contributed by atoms with Gasteiger partial charge in [0.05, 0.1) is 11.3 Å². The van der Waals surface area contributed by atoms with Crippen LogP contribution in [0.1, 0.15) is 17.3 Å². The van der Waals surface area contributed by atoms with Crippen molar-refractivity contribution in [3.63, 3.8) is 0 Å². The molecule has 21 heavy (non-hydrogen) atoms. The summed E-state index contributed by atoms with van der Waals surface area (Å²) in [6, 6.07) is 16.6. The molecule has 0 radical (unpaired) electrons. The number of carbonyl (C=O) groups excluding carboxylic acids is 2. The molecule has 2 rings (SSSR count). The van der Waals surface area contributed by atoms with Gasteiger partial charge in [-0.2, -0.15) is 0 Å². The fourth-order valence-corrected chi connectivity index (χ4v) is 2.16. The van der Waals surface area contributed by atoms with Gasteiger partial charge in [0.2, 0.25) is 6.41 Å². The Hall–Kier alpha value is -2.62. The molecule has 0 unspecified atom stereocenters. The molecule has 0 aliphatic carbocycles. The number of hydrogen-bond acceptors (Lipinski definition) is 2. The van der Waals surface area contributed by atoms with Crippen LogP contribution in [0.5, 0.6) is 0 Å². The fraction of sp³-hybridized carbons (Fsp3) is 0.176. The van der Waals surface area contributed by atoms with Crippen molar-refractivity contribution in [1.82, 2.24) is 0 Å². The molecule has 4 nitrogen and oxygen atoms in total. The molecule has 4 heteroatoms. The minimum atomic E-state index is -0.142. The molecule has 0 heterocycles. The molecule has 0 aliphatic heterocycles. The third kappa shape index (κ3) is 3.11. The van der Waals surface area contributed by atoms with E-state index in [2.05, 4.69) is 0 Å². The average molecular weight is 282 g/mol. The van der Waals surface area contributed by atoms with Crippen LogP contribution in [0.4, 0.5) is 11.4 Å². The fourth-order valence-electron chi connectivity index (χ4n) is 2.16. The molecule has 0 N–H and O–H groups in total. The summed E-state index contributed by atoms with van der Waals surface area (Å²) in [5.74, 6) is -0.142. The maximum atomic E-state index is 12.7. The molecule has 2 aromatic carbocycles. The van der Waals surface area contributed by atoms with Crippen molar-refractivity contribution in [2.24, 2.45) is 0 Å². The third-order valence-electron chi connectivity index (χ3n) is 3.36. The summed E-state index contributed by atoms with van der Waals surface area (Å²) in [6.07, 6.45) is 0.745. The smallest absolute Gasteiger partial charge is 0.260 e.